The van der Waals surface area contributed by atoms with Gasteiger partial charge in [0.25, 0.3) is 0 Å². The van der Waals surface area contributed by atoms with Crippen molar-refractivity contribution in [3.05, 3.63) is 60.2 Å². The molecule has 7 nitrogen and oxygen atoms in total. The van der Waals surface area contributed by atoms with Gasteiger partial charge in [-0.1, -0.05) is 47.7 Å². The van der Waals surface area contributed by atoms with E-state index in [0.717, 1.165) is 16.7 Å². The van der Waals surface area contributed by atoms with Crippen LogP contribution < -0.4 is 0 Å². The number of benzene rings is 2. The van der Waals surface area contributed by atoms with E-state index in [-0.39, 0.29) is 5.91 Å². The molecule has 158 valence electrons. The largest absolute Gasteiger partial charge is 0.453 e. The number of ether oxygens (including phenoxy) is 1. The first-order valence-electron chi connectivity index (χ1n) is 10.2. The SMILES string of the molecule is Cc1ccc(-n2c(SCC(=O)N3CCOCC3)nnc2-c2cc3ccccc3o2)cc1. The molecule has 0 spiro atoms. The minimum Gasteiger partial charge on any atom is -0.453 e. The Bertz CT molecular complexity index is 1180. The molecular formula is C23H22N4O3S. The molecule has 0 saturated carbocycles. The zero-order valence-electron chi connectivity index (χ0n) is 17.2. The lowest BCUT2D eigenvalue weighted by molar-refractivity contribution is -0.132. The van der Waals surface area contributed by atoms with Gasteiger partial charge < -0.3 is 14.1 Å². The predicted molar refractivity (Wildman–Crippen MR) is 119 cm³/mol. The first-order chi connectivity index (χ1) is 15.2. The Hall–Kier alpha value is -3.10. The fourth-order valence-corrected chi connectivity index (χ4v) is 4.43. The molecule has 2 aromatic heterocycles. The van der Waals surface area contributed by atoms with Gasteiger partial charge in [-0.2, -0.15) is 0 Å². The van der Waals surface area contributed by atoms with E-state index in [1.165, 1.54) is 17.3 Å². The summed E-state index contributed by atoms with van der Waals surface area (Å²) in [6, 6.07) is 18.0. The number of hydrogen-bond donors (Lipinski definition) is 0. The first kappa shape index (κ1) is 19.8. The van der Waals surface area contributed by atoms with Gasteiger partial charge in [0.15, 0.2) is 10.9 Å². The number of fused-ring (bicyclic) bond motifs is 1. The summed E-state index contributed by atoms with van der Waals surface area (Å²) in [6.07, 6.45) is 0. The van der Waals surface area contributed by atoms with Gasteiger partial charge in [0.05, 0.1) is 19.0 Å². The quantitative estimate of drug-likeness (QED) is 0.443. The lowest BCUT2D eigenvalue weighted by atomic mass is 10.2. The maximum Gasteiger partial charge on any atom is 0.233 e. The molecule has 0 N–H and O–H groups in total. The number of morpholine rings is 1. The smallest absolute Gasteiger partial charge is 0.233 e. The highest BCUT2D eigenvalue weighted by Gasteiger charge is 2.22. The minimum absolute atomic E-state index is 0.0806. The van der Waals surface area contributed by atoms with Crippen LogP contribution in [0, 0.1) is 6.92 Å². The number of rotatable bonds is 5. The summed E-state index contributed by atoms with van der Waals surface area (Å²) in [5.41, 5.74) is 2.89. The van der Waals surface area contributed by atoms with Crippen LogP contribution in [0.15, 0.2) is 64.2 Å². The standard InChI is InChI=1S/C23H22N4O3S/c1-16-6-8-18(9-7-16)27-22(20-14-17-4-2-3-5-19(17)30-20)24-25-23(27)31-15-21(28)26-10-12-29-13-11-26/h2-9,14H,10-13,15H2,1H3. The Morgan fingerprint density at radius 1 is 1.06 bits per heavy atom. The molecule has 1 aliphatic rings. The van der Waals surface area contributed by atoms with E-state index in [0.29, 0.717) is 48.8 Å². The maximum absolute atomic E-state index is 12.6. The van der Waals surface area contributed by atoms with Crippen molar-refractivity contribution in [2.75, 3.05) is 32.1 Å². The molecule has 0 unspecified atom stereocenters. The average Bonchev–Trinajstić information content (AvgIpc) is 3.42. The number of carbonyl (C=O) groups is 1. The zero-order chi connectivity index (χ0) is 21.2. The number of thioether (sulfide) groups is 1. The zero-order valence-corrected chi connectivity index (χ0v) is 18.0. The summed E-state index contributed by atoms with van der Waals surface area (Å²) in [7, 11) is 0. The van der Waals surface area contributed by atoms with E-state index < -0.39 is 0 Å². The Balaban J connectivity index is 1.49. The van der Waals surface area contributed by atoms with Gasteiger partial charge in [0.2, 0.25) is 11.7 Å². The summed E-state index contributed by atoms with van der Waals surface area (Å²) < 4.78 is 13.3. The van der Waals surface area contributed by atoms with Gasteiger partial charge >= 0.3 is 0 Å². The molecule has 1 aliphatic heterocycles. The molecule has 0 atom stereocenters. The van der Waals surface area contributed by atoms with Crippen molar-refractivity contribution in [1.29, 1.82) is 0 Å². The molecule has 5 rings (SSSR count). The summed E-state index contributed by atoms with van der Waals surface area (Å²) >= 11 is 1.39. The van der Waals surface area contributed by atoms with E-state index in [1.54, 1.807) is 0 Å². The average molecular weight is 435 g/mol. The van der Waals surface area contributed by atoms with Gasteiger partial charge in [-0.25, -0.2) is 0 Å². The van der Waals surface area contributed by atoms with Gasteiger partial charge in [0, 0.05) is 24.2 Å². The number of amides is 1. The van der Waals surface area contributed by atoms with Crippen LogP contribution >= 0.6 is 11.8 Å². The van der Waals surface area contributed by atoms with Gasteiger partial charge in [-0.05, 0) is 31.2 Å². The molecule has 8 heteroatoms. The van der Waals surface area contributed by atoms with E-state index in [9.17, 15) is 4.79 Å². The predicted octanol–water partition coefficient (Wildman–Crippen LogP) is 3.94. The van der Waals surface area contributed by atoms with Crippen LogP contribution in [0.4, 0.5) is 0 Å². The molecular weight excluding hydrogens is 412 g/mol. The van der Waals surface area contributed by atoms with Crippen molar-refractivity contribution in [3.8, 4) is 17.3 Å². The van der Waals surface area contributed by atoms with E-state index >= 15 is 0 Å². The number of aryl methyl sites for hydroxylation is 1. The van der Waals surface area contributed by atoms with Crippen molar-refractivity contribution in [2.24, 2.45) is 0 Å². The Labute approximate surface area is 184 Å². The number of hydrogen-bond acceptors (Lipinski definition) is 6. The summed E-state index contributed by atoms with van der Waals surface area (Å²) in [4.78, 5) is 14.5. The Morgan fingerprint density at radius 2 is 1.84 bits per heavy atom. The van der Waals surface area contributed by atoms with Crippen molar-refractivity contribution >= 4 is 28.6 Å². The third-order valence-corrected chi connectivity index (χ3v) is 6.17. The molecule has 1 saturated heterocycles. The highest BCUT2D eigenvalue weighted by molar-refractivity contribution is 7.99. The molecule has 31 heavy (non-hydrogen) atoms. The molecule has 0 radical (unpaired) electrons. The topological polar surface area (TPSA) is 73.4 Å². The molecule has 0 aliphatic carbocycles. The monoisotopic (exact) mass is 434 g/mol. The van der Waals surface area contributed by atoms with Crippen LogP contribution in [0.3, 0.4) is 0 Å². The number of furan rings is 1. The van der Waals surface area contributed by atoms with Crippen molar-refractivity contribution in [1.82, 2.24) is 19.7 Å². The summed E-state index contributed by atoms with van der Waals surface area (Å²) in [5.74, 6) is 1.63. The van der Waals surface area contributed by atoms with Gasteiger partial charge in [0.1, 0.15) is 5.58 Å². The van der Waals surface area contributed by atoms with Crippen LogP contribution in [0.5, 0.6) is 0 Å². The third kappa shape index (κ3) is 4.08. The number of nitrogens with zero attached hydrogens (tertiary/aromatic N) is 4. The van der Waals surface area contributed by atoms with Crippen LogP contribution in [0.2, 0.25) is 0 Å². The van der Waals surface area contributed by atoms with Crippen LogP contribution in [-0.2, 0) is 9.53 Å². The highest BCUT2D eigenvalue weighted by Crippen LogP contribution is 2.32. The van der Waals surface area contributed by atoms with Crippen LogP contribution in [0.25, 0.3) is 28.2 Å². The maximum atomic E-state index is 12.6. The van der Waals surface area contributed by atoms with Crippen LogP contribution in [0.1, 0.15) is 5.56 Å². The minimum atomic E-state index is 0.0806. The second-order valence-corrected chi connectivity index (χ2v) is 8.35. The first-order valence-corrected chi connectivity index (χ1v) is 11.2. The number of para-hydroxylation sites is 1. The highest BCUT2D eigenvalue weighted by atomic mass is 32.2. The second-order valence-electron chi connectivity index (χ2n) is 7.41. The fourth-order valence-electron chi connectivity index (χ4n) is 3.57. The lowest BCUT2D eigenvalue weighted by Crippen LogP contribution is -2.41. The molecule has 3 heterocycles. The lowest BCUT2D eigenvalue weighted by Gasteiger charge is -2.26. The molecule has 2 aromatic carbocycles. The van der Waals surface area contributed by atoms with Gasteiger partial charge in [-0.3, -0.25) is 9.36 Å². The molecule has 1 amide bonds. The summed E-state index contributed by atoms with van der Waals surface area (Å²) in [5, 5.41) is 10.5. The normalized spacial score (nSPS) is 14.3. The molecule has 4 aromatic rings. The van der Waals surface area contributed by atoms with Crippen molar-refractivity contribution < 1.29 is 13.9 Å². The molecule has 1 fully saturated rings. The number of carbonyl (C=O) groups excluding carboxylic acids is 1. The van der Waals surface area contributed by atoms with E-state index in [1.807, 2.05) is 71.0 Å². The van der Waals surface area contributed by atoms with Crippen molar-refractivity contribution in [2.45, 2.75) is 12.1 Å². The van der Waals surface area contributed by atoms with Crippen molar-refractivity contribution in [3.63, 3.8) is 0 Å². The van der Waals surface area contributed by atoms with Gasteiger partial charge in [-0.15, -0.1) is 10.2 Å². The van der Waals surface area contributed by atoms with E-state index in [4.69, 9.17) is 9.15 Å². The van der Waals surface area contributed by atoms with Crippen LogP contribution in [-0.4, -0.2) is 57.6 Å². The number of aromatic nitrogens is 3. The third-order valence-electron chi connectivity index (χ3n) is 5.26. The Morgan fingerprint density at radius 3 is 2.61 bits per heavy atom. The van der Waals surface area contributed by atoms with E-state index in [2.05, 4.69) is 10.2 Å². The fraction of sp³-hybridized carbons (Fsp3) is 0.261. The Kier molecular flexibility index (Phi) is 5.48. The molecule has 0 bridgehead atoms. The summed E-state index contributed by atoms with van der Waals surface area (Å²) in [6.45, 7) is 4.49. The second kappa shape index (κ2) is 8.56.